The molecule has 29 heavy (non-hydrogen) atoms. The molecule has 2 unspecified atom stereocenters. The van der Waals surface area contributed by atoms with E-state index in [2.05, 4.69) is 6.58 Å². The summed E-state index contributed by atoms with van der Waals surface area (Å²) in [4.78, 5) is 48.7. The Bertz CT molecular complexity index is 568. The molecule has 0 saturated carbocycles. The largest absolute Gasteiger partial charge is 0.481 e. The molecule has 2 atom stereocenters. The summed E-state index contributed by atoms with van der Waals surface area (Å²) in [5, 5.41) is 19.3. The van der Waals surface area contributed by atoms with Crippen LogP contribution in [0.15, 0.2) is 12.2 Å². The maximum absolute atomic E-state index is 12.5. The normalized spacial score (nSPS) is 14.9. The van der Waals surface area contributed by atoms with Crippen LogP contribution in [0.1, 0.15) is 27.7 Å². The molecule has 2 N–H and O–H groups in total. The zero-order chi connectivity index (χ0) is 22.6. The minimum absolute atomic E-state index is 0.0872. The van der Waals surface area contributed by atoms with Gasteiger partial charge in [-0.25, -0.2) is 4.79 Å². The second kappa shape index (κ2) is 12.9. The molecule has 0 radical (unpaired) electrons. The zero-order valence-corrected chi connectivity index (χ0v) is 17.3. The van der Waals surface area contributed by atoms with Gasteiger partial charge in [0, 0.05) is 18.8 Å². The molecule has 0 aromatic carbocycles. The number of hydrogen-bond acceptors (Lipinski definition) is 8. The van der Waals surface area contributed by atoms with E-state index < -0.39 is 46.7 Å². The summed E-state index contributed by atoms with van der Waals surface area (Å²) in [5.74, 6) is -8.44. The van der Waals surface area contributed by atoms with Crippen molar-refractivity contribution in [1.29, 1.82) is 0 Å². The summed E-state index contributed by atoms with van der Waals surface area (Å²) in [5.41, 5.74) is -3.30. The molecule has 0 spiro atoms. The van der Waals surface area contributed by atoms with Gasteiger partial charge in [-0.2, -0.15) is 0 Å². The summed E-state index contributed by atoms with van der Waals surface area (Å²) >= 11 is 0. The van der Waals surface area contributed by atoms with Crippen molar-refractivity contribution in [2.45, 2.75) is 27.7 Å². The highest BCUT2D eigenvalue weighted by Crippen LogP contribution is 2.44. The van der Waals surface area contributed by atoms with Gasteiger partial charge in [0.05, 0.1) is 25.0 Å². The third kappa shape index (κ3) is 6.82. The van der Waals surface area contributed by atoms with E-state index in [1.807, 2.05) is 0 Å². The monoisotopic (exact) mass is 418 g/mol. The Hall–Kier alpha value is -2.46. The highest BCUT2D eigenvalue weighted by Gasteiger charge is 2.58. The molecule has 0 bridgehead atoms. The van der Waals surface area contributed by atoms with E-state index in [0.29, 0.717) is 13.2 Å². The quantitative estimate of drug-likeness (QED) is 0.225. The lowest BCUT2D eigenvalue weighted by atomic mass is 9.63. The molecule has 10 nitrogen and oxygen atoms in total. The van der Waals surface area contributed by atoms with Crippen molar-refractivity contribution in [3.63, 3.8) is 0 Å². The zero-order valence-electron chi connectivity index (χ0n) is 17.3. The number of hydrogen-bond donors (Lipinski definition) is 2. The molecule has 0 heterocycles. The molecule has 0 aliphatic rings. The molecular weight excluding hydrogens is 388 g/mol. The van der Waals surface area contributed by atoms with Gasteiger partial charge < -0.3 is 29.2 Å². The van der Waals surface area contributed by atoms with E-state index in [4.69, 9.17) is 18.9 Å². The first-order valence-electron chi connectivity index (χ1n) is 9.23. The predicted molar refractivity (Wildman–Crippen MR) is 100 cm³/mol. The van der Waals surface area contributed by atoms with Crippen molar-refractivity contribution in [3.8, 4) is 0 Å². The van der Waals surface area contributed by atoms with Crippen LogP contribution in [0.2, 0.25) is 0 Å². The fourth-order valence-corrected chi connectivity index (χ4v) is 2.89. The van der Waals surface area contributed by atoms with E-state index in [1.165, 1.54) is 13.8 Å². The Balaban J connectivity index is 5.78. The molecule has 166 valence electrons. The fourth-order valence-electron chi connectivity index (χ4n) is 2.89. The minimum Gasteiger partial charge on any atom is -0.481 e. The van der Waals surface area contributed by atoms with Crippen molar-refractivity contribution in [1.82, 2.24) is 0 Å². The lowest BCUT2D eigenvalue weighted by Gasteiger charge is -2.37. The number of esters is 2. The van der Waals surface area contributed by atoms with Crippen LogP contribution in [-0.4, -0.2) is 73.7 Å². The van der Waals surface area contributed by atoms with Crippen LogP contribution in [0.3, 0.4) is 0 Å². The summed E-state index contributed by atoms with van der Waals surface area (Å²) in [6, 6.07) is 0. The molecule has 0 aromatic heterocycles. The van der Waals surface area contributed by atoms with Crippen LogP contribution in [0, 0.1) is 17.3 Å². The van der Waals surface area contributed by atoms with Crippen LogP contribution >= 0.6 is 0 Å². The SMILES string of the molecule is C=C(C(=O)O)C(C(=O)O)(C(C)C(=O)OCCOCC)C(C)C(=O)OCCOCC. The summed E-state index contributed by atoms with van der Waals surface area (Å²) in [6.45, 7) is 9.83. The molecule has 10 heteroatoms. The van der Waals surface area contributed by atoms with Crippen molar-refractivity contribution >= 4 is 23.9 Å². The van der Waals surface area contributed by atoms with Crippen LogP contribution in [0.4, 0.5) is 0 Å². The van der Waals surface area contributed by atoms with Crippen LogP contribution in [0.25, 0.3) is 0 Å². The average Bonchev–Trinajstić information content (AvgIpc) is 2.67. The van der Waals surface area contributed by atoms with E-state index in [1.54, 1.807) is 13.8 Å². The highest BCUT2D eigenvalue weighted by atomic mass is 16.6. The average molecular weight is 418 g/mol. The van der Waals surface area contributed by atoms with Crippen molar-refractivity contribution in [3.05, 3.63) is 12.2 Å². The lowest BCUT2D eigenvalue weighted by Crippen LogP contribution is -2.52. The number of carbonyl (C=O) groups is 4. The molecular formula is C19H30O10. The summed E-state index contributed by atoms with van der Waals surface area (Å²) < 4.78 is 20.1. The molecule has 0 aromatic rings. The predicted octanol–water partition coefficient (Wildman–Crippen LogP) is 1.13. The first-order chi connectivity index (χ1) is 13.6. The number of carboxylic acid groups (broad SMARTS) is 2. The Morgan fingerprint density at radius 1 is 0.828 bits per heavy atom. The van der Waals surface area contributed by atoms with Gasteiger partial charge in [-0.05, 0) is 13.8 Å². The van der Waals surface area contributed by atoms with E-state index in [9.17, 15) is 29.4 Å². The van der Waals surface area contributed by atoms with Crippen molar-refractivity contribution in [2.24, 2.45) is 17.3 Å². The van der Waals surface area contributed by atoms with Crippen molar-refractivity contribution < 1.29 is 48.3 Å². The molecule has 0 aliphatic carbocycles. The van der Waals surface area contributed by atoms with E-state index in [0.717, 1.165) is 0 Å². The fraction of sp³-hybridized carbons (Fsp3) is 0.684. The smallest absolute Gasteiger partial charge is 0.332 e. The Labute approximate surface area is 169 Å². The van der Waals surface area contributed by atoms with E-state index in [-0.39, 0.29) is 26.4 Å². The molecule has 0 saturated heterocycles. The maximum atomic E-state index is 12.5. The van der Waals surface area contributed by atoms with Gasteiger partial charge in [-0.1, -0.05) is 20.4 Å². The summed E-state index contributed by atoms with van der Waals surface area (Å²) in [7, 11) is 0. The van der Waals surface area contributed by atoms with Crippen molar-refractivity contribution in [2.75, 3.05) is 39.6 Å². The third-order valence-corrected chi connectivity index (χ3v) is 4.54. The Morgan fingerprint density at radius 3 is 1.48 bits per heavy atom. The van der Waals surface area contributed by atoms with Crippen LogP contribution in [0.5, 0.6) is 0 Å². The standard InChI is InChI=1S/C19H30O10/c1-6-26-8-10-28-16(22)13(4)19(18(24)25,12(3)15(20)21)14(5)17(23)29-11-9-27-7-2/h13-14H,3,6-11H2,1-2,4-5H3,(H,20,21)(H,24,25). The number of rotatable bonds is 15. The Morgan fingerprint density at radius 2 is 1.21 bits per heavy atom. The van der Waals surface area contributed by atoms with Gasteiger partial charge in [0.2, 0.25) is 0 Å². The lowest BCUT2D eigenvalue weighted by molar-refractivity contribution is -0.174. The maximum Gasteiger partial charge on any atom is 0.332 e. The van der Waals surface area contributed by atoms with E-state index >= 15 is 0 Å². The third-order valence-electron chi connectivity index (χ3n) is 4.54. The van der Waals surface area contributed by atoms with Crippen LogP contribution < -0.4 is 0 Å². The Kier molecular flexibility index (Phi) is 11.8. The molecule has 0 aliphatic heterocycles. The second-order valence-corrected chi connectivity index (χ2v) is 6.13. The molecule has 0 rings (SSSR count). The summed E-state index contributed by atoms with van der Waals surface area (Å²) in [6.07, 6.45) is 0. The van der Waals surface area contributed by atoms with Gasteiger partial charge in [0.25, 0.3) is 0 Å². The first kappa shape index (κ1) is 26.5. The highest BCUT2D eigenvalue weighted by molar-refractivity contribution is 6.01. The topological polar surface area (TPSA) is 146 Å². The number of carbonyl (C=O) groups excluding carboxylic acids is 2. The van der Waals surface area contributed by atoms with Crippen LogP contribution in [-0.2, 0) is 38.1 Å². The number of carboxylic acids is 2. The van der Waals surface area contributed by atoms with Gasteiger partial charge >= 0.3 is 23.9 Å². The first-order valence-corrected chi connectivity index (χ1v) is 9.23. The molecule has 0 fully saturated rings. The molecule has 0 amide bonds. The second-order valence-electron chi connectivity index (χ2n) is 6.13. The minimum atomic E-state index is -2.47. The van der Waals surface area contributed by atoms with Gasteiger partial charge in [0.15, 0.2) is 0 Å². The van der Waals surface area contributed by atoms with Gasteiger partial charge in [-0.3, -0.25) is 14.4 Å². The number of ether oxygens (including phenoxy) is 4. The number of aliphatic carboxylic acids is 2. The van der Waals surface area contributed by atoms with Gasteiger partial charge in [-0.15, -0.1) is 0 Å². The van der Waals surface area contributed by atoms with Gasteiger partial charge in [0.1, 0.15) is 18.6 Å².